The van der Waals surface area contributed by atoms with E-state index in [-0.39, 0.29) is 12.7 Å². The van der Waals surface area contributed by atoms with Crippen LogP contribution in [0.5, 0.6) is 11.5 Å². The molecule has 4 aromatic rings. The molecule has 1 N–H and O–H groups in total. The second kappa shape index (κ2) is 8.36. The van der Waals surface area contributed by atoms with E-state index in [1.54, 1.807) is 11.1 Å². The van der Waals surface area contributed by atoms with Crippen LogP contribution in [0, 0.1) is 0 Å². The van der Waals surface area contributed by atoms with Crippen molar-refractivity contribution in [1.82, 2.24) is 14.9 Å². The van der Waals surface area contributed by atoms with Crippen LogP contribution < -0.4 is 9.47 Å². The maximum absolute atomic E-state index is 13.3. The maximum atomic E-state index is 13.3. The highest BCUT2D eigenvalue weighted by atomic mass is 16.7. The van der Waals surface area contributed by atoms with Crippen LogP contribution in [-0.4, -0.2) is 27.6 Å². The van der Waals surface area contributed by atoms with Gasteiger partial charge in [0.05, 0.1) is 18.4 Å². The lowest BCUT2D eigenvalue weighted by Crippen LogP contribution is -2.30. The van der Waals surface area contributed by atoms with Gasteiger partial charge in [-0.05, 0) is 29.8 Å². The number of hydrogen-bond donors (Lipinski definition) is 1. The van der Waals surface area contributed by atoms with E-state index in [9.17, 15) is 4.79 Å². The molecular weight excluding hydrogens is 390 g/mol. The number of imidazole rings is 1. The van der Waals surface area contributed by atoms with Gasteiger partial charge in [0.1, 0.15) is 5.82 Å². The van der Waals surface area contributed by atoms with Gasteiger partial charge in [-0.25, -0.2) is 4.98 Å². The van der Waals surface area contributed by atoms with Gasteiger partial charge in [0.15, 0.2) is 11.5 Å². The lowest BCUT2D eigenvalue weighted by molar-refractivity contribution is 0.0728. The van der Waals surface area contributed by atoms with Crippen LogP contribution in [0.4, 0.5) is 0 Å². The molecule has 5 rings (SSSR count). The zero-order valence-corrected chi connectivity index (χ0v) is 16.8. The molecule has 1 aromatic heterocycles. The van der Waals surface area contributed by atoms with Gasteiger partial charge in [0.2, 0.25) is 6.79 Å². The highest BCUT2D eigenvalue weighted by molar-refractivity contribution is 5.94. The number of hydrogen-bond acceptors (Lipinski definition) is 4. The second-order valence-electron chi connectivity index (χ2n) is 7.34. The number of H-pyrrole nitrogens is 1. The van der Waals surface area contributed by atoms with Crippen LogP contribution in [0.3, 0.4) is 0 Å². The number of nitrogens with one attached hydrogen (secondary N) is 1. The third kappa shape index (κ3) is 4.14. The Balaban J connectivity index is 1.41. The Bertz CT molecular complexity index is 1190. The number of carbonyl (C=O) groups is 1. The van der Waals surface area contributed by atoms with Gasteiger partial charge in [0, 0.05) is 17.7 Å². The van der Waals surface area contributed by atoms with E-state index in [1.807, 2.05) is 78.9 Å². The first-order chi connectivity index (χ1) is 15.3. The Morgan fingerprint density at radius 3 is 2.45 bits per heavy atom. The number of nitrogens with zero attached hydrogens (tertiary/aromatic N) is 2. The molecule has 31 heavy (non-hydrogen) atoms. The highest BCUT2D eigenvalue weighted by Gasteiger charge is 2.20. The van der Waals surface area contributed by atoms with Gasteiger partial charge in [-0.15, -0.1) is 0 Å². The summed E-state index contributed by atoms with van der Waals surface area (Å²) in [6, 6.07) is 25.0. The van der Waals surface area contributed by atoms with Crippen molar-refractivity contribution in [3.8, 4) is 22.9 Å². The van der Waals surface area contributed by atoms with Crippen LogP contribution in [0.1, 0.15) is 21.6 Å². The van der Waals surface area contributed by atoms with E-state index in [4.69, 9.17) is 9.47 Å². The van der Waals surface area contributed by atoms with Crippen molar-refractivity contribution in [3.05, 3.63) is 102 Å². The quantitative estimate of drug-likeness (QED) is 0.502. The summed E-state index contributed by atoms with van der Waals surface area (Å²) in [6.07, 6.45) is 1.78. The Morgan fingerprint density at radius 2 is 1.65 bits per heavy atom. The lowest BCUT2D eigenvalue weighted by atomic mass is 10.1. The van der Waals surface area contributed by atoms with Gasteiger partial charge in [0.25, 0.3) is 5.91 Å². The first kappa shape index (κ1) is 18.9. The number of carbonyl (C=O) groups excluding carboxylic acids is 1. The van der Waals surface area contributed by atoms with E-state index >= 15 is 0 Å². The van der Waals surface area contributed by atoms with E-state index in [1.165, 1.54) is 0 Å². The van der Waals surface area contributed by atoms with Crippen molar-refractivity contribution >= 4 is 5.91 Å². The van der Waals surface area contributed by atoms with E-state index in [0.29, 0.717) is 24.4 Å². The predicted molar refractivity (Wildman–Crippen MR) is 117 cm³/mol. The number of amides is 1. The standard InChI is InChI=1S/C25H21N3O3/c29-25(20-9-5-2-6-10-20)28(15-18-11-12-22-23(13-18)31-17-30-22)16-21-14-26-24(27-21)19-7-3-1-4-8-19/h1-14H,15-17H2,(H,26,27). The number of aromatic nitrogens is 2. The molecule has 1 amide bonds. The average molecular weight is 411 g/mol. The fourth-order valence-electron chi connectivity index (χ4n) is 3.61. The molecule has 0 saturated carbocycles. The summed E-state index contributed by atoms with van der Waals surface area (Å²) in [5, 5.41) is 0. The number of fused-ring (bicyclic) bond motifs is 1. The molecule has 2 heterocycles. The van der Waals surface area contributed by atoms with E-state index in [2.05, 4.69) is 9.97 Å². The Morgan fingerprint density at radius 1 is 0.903 bits per heavy atom. The number of benzene rings is 3. The van der Waals surface area contributed by atoms with Crippen LogP contribution in [0.2, 0.25) is 0 Å². The smallest absolute Gasteiger partial charge is 0.254 e. The van der Waals surface area contributed by atoms with Gasteiger partial charge in [-0.2, -0.15) is 0 Å². The Labute approximate surface area is 180 Å². The van der Waals surface area contributed by atoms with Gasteiger partial charge in [-0.1, -0.05) is 54.6 Å². The third-order valence-corrected chi connectivity index (χ3v) is 5.16. The second-order valence-corrected chi connectivity index (χ2v) is 7.34. The summed E-state index contributed by atoms with van der Waals surface area (Å²) in [6.45, 7) is 1.06. The lowest BCUT2D eigenvalue weighted by Gasteiger charge is -2.22. The number of aromatic amines is 1. The minimum atomic E-state index is -0.0471. The summed E-state index contributed by atoms with van der Waals surface area (Å²) in [5.74, 6) is 2.17. The molecule has 0 atom stereocenters. The van der Waals surface area contributed by atoms with Gasteiger partial charge in [-0.3, -0.25) is 4.79 Å². The average Bonchev–Trinajstić information content (AvgIpc) is 3.48. The summed E-state index contributed by atoms with van der Waals surface area (Å²) in [5.41, 5.74) is 3.48. The molecule has 0 fully saturated rings. The maximum Gasteiger partial charge on any atom is 0.254 e. The molecule has 0 unspecified atom stereocenters. The summed E-state index contributed by atoms with van der Waals surface area (Å²) in [7, 11) is 0. The van der Waals surface area contributed by atoms with Gasteiger partial charge < -0.3 is 19.4 Å². The zero-order valence-electron chi connectivity index (χ0n) is 16.8. The van der Waals surface area contributed by atoms with Crippen molar-refractivity contribution in [3.63, 3.8) is 0 Å². The predicted octanol–water partition coefficient (Wildman–Crippen LogP) is 4.65. The van der Waals surface area contributed by atoms with Crippen molar-refractivity contribution in [1.29, 1.82) is 0 Å². The molecule has 3 aromatic carbocycles. The molecule has 6 nitrogen and oxygen atoms in total. The van der Waals surface area contributed by atoms with E-state index in [0.717, 1.165) is 28.4 Å². The Hall–Kier alpha value is -4.06. The van der Waals surface area contributed by atoms with Crippen LogP contribution in [0.15, 0.2) is 85.1 Å². The molecule has 6 heteroatoms. The minimum Gasteiger partial charge on any atom is -0.454 e. The number of rotatable bonds is 6. The third-order valence-electron chi connectivity index (χ3n) is 5.16. The molecule has 0 aliphatic carbocycles. The van der Waals surface area contributed by atoms with Crippen LogP contribution >= 0.6 is 0 Å². The van der Waals surface area contributed by atoms with Crippen molar-refractivity contribution in [2.75, 3.05) is 6.79 Å². The highest BCUT2D eigenvalue weighted by Crippen LogP contribution is 2.33. The molecule has 0 saturated heterocycles. The van der Waals surface area contributed by atoms with Crippen molar-refractivity contribution in [2.24, 2.45) is 0 Å². The SMILES string of the molecule is O=C(c1ccccc1)N(Cc1ccc2c(c1)OCO2)Cc1cnc(-c2ccccc2)[nH]1. The van der Waals surface area contributed by atoms with Crippen LogP contribution in [0.25, 0.3) is 11.4 Å². The van der Waals surface area contributed by atoms with Crippen molar-refractivity contribution < 1.29 is 14.3 Å². The zero-order chi connectivity index (χ0) is 21.0. The van der Waals surface area contributed by atoms with Gasteiger partial charge >= 0.3 is 0 Å². The molecule has 1 aliphatic heterocycles. The summed E-state index contributed by atoms with van der Waals surface area (Å²) < 4.78 is 10.9. The molecule has 154 valence electrons. The summed E-state index contributed by atoms with van der Waals surface area (Å²) >= 11 is 0. The molecule has 0 spiro atoms. The number of ether oxygens (including phenoxy) is 2. The molecular formula is C25H21N3O3. The largest absolute Gasteiger partial charge is 0.454 e. The van der Waals surface area contributed by atoms with Crippen molar-refractivity contribution in [2.45, 2.75) is 13.1 Å². The molecule has 0 bridgehead atoms. The van der Waals surface area contributed by atoms with Crippen LogP contribution in [-0.2, 0) is 13.1 Å². The monoisotopic (exact) mass is 411 g/mol. The summed E-state index contributed by atoms with van der Waals surface area (Å²) in [4.78, 5) is 22.9. The fraction of sp³-hybridized carbons (Fsp3) is 0.120. The Kier molecular flexibility index (Phi) is 5.10. The first-order valence-electron chi connectivity index (χ1n) is 10.1. The first-order valence-corrected chi connectivity index (χ1v) is 10.1. The van der Waals surface area contributed by atoms with E-state index < -0.39 is 0 Å². The normalized spacial score (nSPS) is 12.0. The molecule has 0 radical (unpaired) electrons. The molecule has 1 aliphatic rings. The fourth-order valence-corrected chi connectivity index (χ4v) is 3.61. The minimum absolute atomic E-state index is 0.0471. The topological polar surface area (TPSA) is 67.5 Å².